The van der Waals surface area contributed by atoms with Crippen LogP contribution in [0, 0.1) is 0 Å². The summed E-state index contributed by atoms with van der Waals surface area (Å²) in [5, 5.41) is 2.76. The number of esters is 1. The fourth-order valence-corrected chi connectivity index (χ4v) is 4.52. The third-order valence-corrected chi connectivity index (χ3v) is 6.51. The second kappa shape index (κ2) is 17.6. The minimum absolute atomic E-state index is 0.170. The molecule has 1 atom stereocenters. The van der Waals surface area contributed by atoms with Gasteiger partial charge in [0.05, 0.1) is 31.8 Å². The lowest BCUT2D eigenvalue weighted by Crippen LogP contribution is -2.57. The van der Waals surface area contributed by atoms with E-state index in [0.717, 1.165) is 19.3 Å². The average molecular weight is 519 g/mol. The first-order valence-electron chi connectivity index (χ1n) is 14.2. The normalized spacial score (nSPS) is 15.3. The molecule has 8 nitrogen and oxygen atoms in total. The number of carbonyl (C=O) groups excluding carboxylic acids is 3. The van der Waals surface area contributed by atoms with Crippen LogP contribution in [0.15, 0.2) is 18.2 Å². The summed E-state index contributed by atoms with van der Waals surface area (Å²) >= 11 is 0. The third kappa shape index (κ3) is 10.6. The number of nitrogens with one attached hydrogen (secondary N) is 1. The molecule has 0 saturated carbocycles. The summed E-state index contributed by atoms with van der Waals surface area (Å²) in [6.45, 7) is 7.80. The molecule has 0 bridgehead atoms. The van der Waals surface area contributed by atoms with Crippen LogP contribution in [0.25, 0.3) is 0 Å². The third-order valence-electron chi connectivity index (χ3n) is 6.51. The van der Waals surface area contributed by atoms with Crippen LogP contribution in [0.2, 0.25) is 0 Å². The van der Waals surface area contributed by atoms with Gasteiger partial charge in [0.25, 0.3) is 5.91 Å². The van der Waals surface area contributed by atoms with Crippen LogP contribution < -0.4 is 14.8 Å². The van der Waals surface area contributed by atoms with E-state index in [9.17, 15) is 14.4 Å². The summed E-state index contributed by atoms with van der Waals surface area (Å²) in [5.41, 5.74) is 0.337. The Morgan fingerprint density at radius 2 is 1.57 bits per heavy atom. The molecule has 1 heterocycles. The van der Waals surface area contributed by atoms with E-state index in [1.807, 2.05) is 13.8 Å². The highest BCUT2D eigenvalue weighted by molar-refractivity contribution is 6.01. The van der Waals surface area contributed by atoms with Gasteiger partial charge in [0, 0.05) is 19.2 Å². The highest BCUT2D eigenvalue weighted by atomic mass is 16.5. The second-order valence-electron chi connectivity index (χ2n) is 9.44. The Balaban J connectivity index is 1.84. The van der Waals surface area contributed by atoms with Gasteiger partial charge < -0.3 is 24.4 Å². The first-order chi connectivity index (χ1) is 18.0. The molecule has 37 heavy (non-hydrogen) atoms. The van der Waals surface area contributed by atoms with Crippen LogP contribution in [0.1, 0.15) is 102 Å². The monoisotopic (exact) mass is 518 g/mol. The van der Waals surface area contributed by atoms with E-state index in [1.165, 1.54) is 49.8 Å². The predicted molar refractivity (Wildman–Crippen MR) is 144 cm³/mol. The maximum Gasteiger partial charge on any atom is 0.308 e. The maximum atomic E-state index is 13.4. The first kappa shape index (κ1) is 30.5. The summed E-state index contributed by atoms with van der Waals surface area (Å²) in [4.78, 5) is 40.0. The minimum Gasteiger partial charge on any atom is -0.494 e. The molecule has 1 fully saturated rings. The molecule has 0 aliphatic carbocycles. The first-order valence-corrected chi connectivity index (χ1v) is 14.2. The Hall–Kier alpha value is -2.77. The molecule has 0 radical (unpaired) electrons. The number of hydrogen-bond donors (Lipinski definition) is 1. The summed E-state index contributed by atoms with van der Waals surface area (Å²) < 4.78 is 16.6. The second-order valence-corrected chi connectivity index (χ2v) is 9.44. The molecule has 2 amide bonds. The van der Waals surface area contributed by atoms with Crippen molar-refractivity contribution in [1.29, 1.82) is 0 Å². The summed E-state index contributed by atoms with van der Waals surface area (Å²) in [6.07, 6.45) is 11.9. The van der Waals surface area contributed by atoms with Gasteiger partial charge in [-0.1, -0.05) is 64.7 Å². The van der Waals surface area contributed by atoms with Gasteiger partial charge in [-0.25, -0.2) is 0 Å². The number of ether oxygens (including phenoxy) is 3. The van der Waals surface area contributed by atoms with Gasteiger partial charge >= 0.3 is 5.97 Å². The zero-order chi connectivity index (χ0) is 26.9. The Labute approximate surface area is 222 Å². The number of benzene rings is 1. The average Bonchev–Trinajstić information content (AvgIpc) is 2.88. The van der Waals surface area contributed by atoms with Crippen LogP contribution in [-0.2, 0) is 14.3 Å². The van der Waals surface area contributed by atoms with E-state index in [0.29, 0.717) is 50.0 Å². The molecule has 1 aromatic rings. The molecular weight excluding hydrogens is 472 g/mol. The van der Waals surface area contributed by atoms with E-state index >= 15 is 0 Å². The highest BCUT2D eigenvalue weighted by Crippen LogP contribution is 2.28. The molecular formula is C29H46N2O6. The summed E-state index contributed by atoms with van der Waals surface area (Å²) in [6, 6.07) is 4.12. The van der Waals surface area contributed by atoms with Gasteiger partial charge in [0.2, 0.25) is 5.91 Å². The maximum absolute atomic E-state index is 13.4. The molecule has 8 heteroatoms. The van der Waals surface area contributed by atoms with Gasteiger partial charge in [-0.15, -0.1) is 0 Å². The minimum atomic E-state index is -0.914. The lowest BCUT2D eigenvalue weighted by atomic mass is 10.1. The van der Waals surface area contributed by atoms with Crippen molar-refractivity contribution in [3.63, 3.8) is 0 Å². The van der Waals surface area contributed by atoms with Gasteiger partial charge in [-0.05, 0) is 32.4 Å². The Morgan fingerprint density at radius 3 is 2.22 bits per heavy atom. The fraction of sp³-hybridized carbons (Fsp3) is 0.690. The van der Waals surface area contributed by atoms with E-state index in [2.05, 4.69) is 12.2 Å². The molecule has 1 saturated heterocycles. The molecule has 208 valence electrons. The van der Waals surface area contributed by atoms with E-state index < -0.39 is 12.0 Å². The van der Waals surface area contributed by atoms with Gasteiger partial charge in [-0.2, -0.15) is 0 Å². The van der Waals surface area contributed by atoms with Crippen molar-refractivity contribution in [2.45, 2.75) is 97.4 Å². The Bertz CT molecular complexity index is 844. The number of carbonyl (C=O) groups is 3. The van der Waals surface area contributed by atoms with Crippen molar-refractivity contribution >= 4 is 17.8 Å². The highest BCUT2D eigenvalue weighted by Gasteiger charge is 2.36. The molecule has 1 aromatic carbocycles. The Morgan fingerprint density at radius 1 is 0.919 bits per heavy atom. The number of nitrogens with zero attached hydrogens (tertiary/aromatic N) is 1. The van der Waals surface area contributed by atoms with Crippen molar-refractivity contribution in [1.82, 2.24) is 10.2 Å². The van der Waals surface area contributed by atoms with Gasteiger partial charge in [0.15, 0.2) is 0 Å². The van der Waals surface area contributed by atoms with Crippen molar-refractivity contribution in [3.8, 4) is 11.5 Å². The van der Waals surface area contributed by atoms with Crippen molar-refractivity contribution < 1.29 is 28.6 Å². The van der Waals surface area contributed by atoms with Gasteiger partial charge in [0.1, 0.15) is 17.5 Å². The van der Waals surface area contributed by atoms with Crippen LogP contribution in [0.4, 0.5) is 0 Å². The lowest BCUT2D eigenvalue weighted by Gasteiger charge is -2.35. The molecule has 0 aromatic heterocycles. The zero-order valence-electron chi connectivity index (χ0n) is 23.0. The summed E-state index contributed by atoms with van der Waals surface area (Å²) in [7, 11) is 0. The van der Waals surface area contributed by atoms with Crippen molar-refractivity contribution in [2.24, 2.45) is 0 Å². The number of amides is 2. The van der Waals surface area contributed by atoms with Crippen LogP contribution in [0.3, 0.4) is 0 Å². The van der Waals surface area contributed by atoms with Crippen LogP contribution in [0.5, 0.6) is 11.5 Å². The standard InChI is InChI=1S/C29H46N2O6/c1-4-7-8-9-10-11-12-13-14-15-20-37-27(32)22-25-28(33)30-18-19-31(25)29(34)24-17-16-23(35-5-2)21-26(24)36-6-3/h16-17,21,25H,4-15,18-20,22H2,1-3H3,(H,30,33). The molecule has 1 aliphatic heterocycles. The van der Waals surface area contributed by atoms with E-state index in [-0.39, 0.29) is 18.2 Å². The molecule has 0 spiro atoms. The summed E-state index contributed by atoms with van der Waals surface area (Å²) in [5.74, 6) is -0.168. The molecule has 1 N–H and O–H groups in total. The number of rotatable bonds is 18. The predicted octanol–water partition coefficient (Wildman–Crippen LogP) is 5.28. The topological polar surface area (TPSA) is 94.2 Å². The van der Waals surface area contributed by atoms with Crippen molar-refractivity contribution in [2.75, 3.05) is 32.9 Å². The Kier molecular flexibility index (Phi) is 14.5. The zero-order valence-corrected chi connectivity index (χ0v) is 23.0. The number of piperazine rings is 1. The molecule has 1 aliphatic rings. The SMILES string of the molecule is CCCCCCCCCCCCOC(=O)CC1C(=O)NCCN1C(=O)c1ccc(OCC)cc1OCC. The number of unbranched alkanes of at least 4 members (excludes halogenated alkanes) is 9. The van der Waals surface area contributed by atoms with Crippen molar-refractivity contribution in [3.05, 3.63) is 23.8 Å². The quantitative estimate of drug-likeness (QED) is 0.210. The molecule has 1 unspecified atom stereocenters. The molecule has 2 rings (SSSR count). The van der Waals surface area contributed by atoms with Crippen LogP contribution >= 0.6 is 0 Å². The van der Waals surface area contributed by atoms with E-state index in [1.54, 1.807) is 18.2 Å². The number of hydrogen-bond acceptors (Lipinski definition) is 6. The van der Waals surface area contributed by atoms with E-state index in [4.69, 9.17) is 14.2 Å². The van der Waals surface area contributed by atoms with Gasteiger partial charge in [-0.3, -0.25) is 14.4 Å². The van der Waals surface area contributed by atoms with Crippen LogP contribution in [-0.4, -0.2) is 61.6 Å². The largest absolute Gasteiger partial charge is 0.494 e. The fourth-order valence-electron chi connectivity index (χ4n) is 4.52. The smallest absolute Gasteiger partial charge is 0.308 e. The lowest BCUT2D eigenvalue weighted by molar-refractivity contribution is -0.147.